The van der Waals surface area contributed by atoms with Gasteiger partial charge in [0.05, 0.1) is 12.4 Å². The van der Waals surface area contributed by atoms with Crippen LogP contribution in [0.15, 0.2) is 29.9 Å². The summed E-state index contributed by atoms with van der Waals surface area (Å²) in [6, 6.07) is 4.07. The molecule has 0 aliphatic rings. The van der Waals surface area contributed by atoms with Gasteiger partial charge in [-0.25, -0.2) is 4.98 Å². The molecule has 0 bridgehead atoms. The molecule has 0 spiro atoms. The van der Waals surface area contributed by atoms with Gasteiger partial charge < -0.3 is 5.32 Å². The summed E-state index contributed by atoms with van der Waals surface area (Å²) in [5.41, 5.74) is 0.116. The van der Waals surface area contributed by atoms with Gasteiger partial charge in [-0.3, -0.25) is 9.78 Å². The van der Waals surface area contributed by atoms with Gasteiger partial charge in [0, 0.05) is 16.8 Å². The van der Waals surface area contributed by atoms with Crippen LogP contribution >= 0.6 is 22.9 Å². The Morgan fingerprint density at radius 3 is 2.89 bits per heavy atom. The average Bonchev–Trinajstić information content (AvgIpc) is 2.90. The van der Waals surface area contributed by atoms with E-state index in [0.717, 1.165) is 0 Å². The fourth-order valence-electron chi connectivity index (χ4n) is 1.59. The van der Waals surface area contributed by atoms with Gasteiger partial charge >= 0.3 is 0 Å². The third-order valence-corrected chi connectivity index (χ3v) is 4.13. The van der Waals surface area contributed by atoms with Crippen LogP contribution in [0, 0.1) is 0 Å². The molecule has 2 rings (SSSR count). The van der Waals surface area contributed by atoms with Crippen molar-refractivity contribution in [2.45, 2.75) is 19.3 Å². The number of halogens is 1. The van der Waals surface area contributed by atoms with E-state index < -0.39 is 0 Å². The van der Waals surface area contributed by atoms with Crippen LogP contribution in [0.2, 0.25) is 5.15 Å². The number of nitrogens with one attached hydrogen (secondary N) is 1. The van der Waals surface area contributed by atoms with Crippen LogP contribution in [0.5, 0.6) is 0 Å². The molecule has 2 heterocycles. The number of amides is 1. The summed E-state index contributed by atoms with van der Waals surface area (Å²) in [7, 11) is 0. The number of carbonyl (C=O) groups excluding carboxylic acids is 1. The molecule has 0 aliphatic carbocycles. The molecule has 4 nitrogen and oxygen atoms in total. The van der Waals surface area contributed by atoms with Crippen LogP contribution in [-0.2, 0) is 5.41 Å². The molecule has 2 aromatic heterocycles. The predicted octanol–water partition coefficient (Wildman–Crippen LogP) is 2.90. The van der Waals surface area contributed by atoms with Crippen molar-refractivity contribution in [1.29, 1.82) is 0 Å². The Balaban J connectivity index is 2.01. The molecule has 0 saturated carbocycles. The van der Waals surface area contributed by atoms with Gasteiger partial charge in [-0.05, 0) is 11.4 Å². The van der Waals surface area contributed by atoms with E-state index in [-0.39, 0.29) is 22.2 Å². The number of thiophene rings is 1. The first-order chi connectivity index (χ1) is 8.99. The summed E-state index contributed by atoms with van der Waals surface area (Å²) in [5.74, 6) is -0.264. The molecule has 19 heavy (non-hydrogen) atoms. The summed E-state index contributed by atoms with van der Waals surface area (Å²) in [5, 5.41) is 5.10. The molecule has 6 heteroatoms. The number of carbonyl (C=O) groups is 1. The van der Waals surface area contributed by atoms with Crippen molar-refractivity contribution in [2.24, 2.45) is 0 Å². The quantitative estimate of drug-likeness (QED) is 0.943. The lowest BCUT2D eigenvalue weighted by Crippen LogP contribution is -2.36. The summed E-state index contributed by atoms with van der Waals surface area (Å²) >= 11 is 7.39. The third-order valence-electron chi connectivity index (χ3n) is 2.72. The highest BCUT2D eigenvalue weighted by Gasteiger charge is 2.23. The highest BCUT2D eigenvalue weighted by Crippen LogP contribution is 2.26. The van der Waals surface area contributed by atoms with Gasteiger partial charge in [0.1, 0.15) is 10.8 Å². The lowest BCUT2D eigenvalue weighted by molar-refractivity contribution is 0.0940. The Hall–Kier alpha value is -1.46. The maximum absolute atomic E-state index is 11.9. The van der Waals surface area contributed by atoms with Crippen LogP contribution in [0.1, 0.15) is 29.2 Å². The topological polar surface area (TPSA) is 54.9 Å². The maximum Gasteiger partial charge on any atom is 0.271 e. The minimum atomic E-state index is -0.264. The van der Waals surface area contributed by atoms with E-state index in [1.165, 1.54) is 17.3 Å². The normalized spacial score (nSPS) is 11.3. The SMILES string of the molecule is CC(C)(CNC(=O)c1cncc(Cl)n1)c1cccs1. The zero-order valence-corrected chi connectivity index (χ0v) is 12.3. The standard InChI is InChI=1S/C13H14ClN3OS/c1-13(2,10-4-3-5-19-10)8-16-12(18)9-6-15-7-11(14)17-9/h3-7H,8H2,1-2H3,(H,16,18). The number of hydrogen-bond acceptors (Lipinski definition) is 4. The highest BCUT2D eigenvalue weighted by atomic mass is 35.5. The number of rotatable bonds is 4. The van der Waals surface area contributed by atoms with E-state index in [9.17, 15) is 4.79 Å². The Bertz CT molecular complexity index is 569. The second kappa shape index (κ2) is 5.67. The van der Waals surface area contributed by atoms with Crippen molar-refractivity contribution in [3.05, 3.63) is 45.6 Å². The van der Waals surface area contributed by atoms with E-state index in [1.807, 2.05) is 11.4 Å². The van der Waals surface area contributed by atoms with Crippen molar-refractivity contribution in [2.75, 3.05) is 6.54 Å². The van der Waals surface area contributed by atoms with Gasteiger partial charge in [-0.15, -0.1) is 11.3 Å². The van der Waals surface area contributed by atoms with Gasteiger partial charge in [0.15, 0.2) is 0 Å². The van der Waals surface area contributed by atoms with Crippen LogP contribution in [0.4, 0.5) is 0 Å². The molecule has 100 valence electrons. The largest absolute Gasteiger partial charge is 0.350 e. The monoisotopic (exact) mass is 295 g/mol. The summed E-state index contributed by atoms with van der Waals surface area (Å²) in [4.78, 5) is 20.9. The van der Waals surface area contributed by atoms with E-state index in [4.69, 9.17) is 11.6 Å². The first-order valence-electron chi connectivity index (χ1n) is 5.79. The van der Waals surface area contributed by atoms with Gasteiger partial charge in [0.2, 0.25) is 0 Å². The summed E-state index contributed by atoms with van der Waals surface area (Å²) < 4.78 is 0. The average molecular weight is 296 g/mol. The molecule has 0 fully saturated rings. The minimum absolute atomic E-state index is 0.115. The Kier molecular flexibility index (Phi) is 4.17. The van der Waals surface area contributed by atoms with Crippen LogP contribution < -0.4 is 5.32 Å². The van der Waals surface area contributed by atoms with Gasteiger partial charge in [-0.1, -0.05) is 31.5 Å². The van der Waals surface area contributed by atoms with E-state index in [2.05, 4.69) is 35.2 Å². The molecule has 0 unspecified atom stereocenters. The van der Waals surface area contributed by atoms with Crippen LogP contribution in [-0.4, -0.2) is 22.4 Å². The zero-order valence-electron chi connectivity index (χ0n) is 10.7. The summed E-state index contributed by atoms with van der Waals surface area (Å²) in [6.07, 6.45) is 2.80. The second-order valence-electron chi connectivity index (χ2n) is 4.77. The lowest BCUT2D eigenvalue weighted by atomic mass is 9.91. The molecule has 0 saturated heterocycles. The molecule has 1 amide bonds. The fourth-order valence-corrected chi connectivity index (χ4v) is 2.59. The Morgan fingerprint density at radius 1 is 1.47 bits per heavy atom. The first kappa shape index (κ1) is 14.0. The number of aromatic nitrogens is 2. The van der Waals surface area contributed by atoms with Crippen LogP contribution in [0.25, 0.3) is 0 Å². The molecular weight excluding hydrogens is 282 g/mol. The molecule has 0 atom stereocenters. The predicted molar refractivity (Wildman–Crippen MR) is 76.7 cm³/mol. The zero-order chi connectivity index (χ0) is 13.9. The van der Waals surface area contributed by atoms with Crippen molar-refractivity contribution in [1.82, 2.24) is 15.3 Å². The van der Waals surface area contributed by atoms with Crippen molar-refractivity contribution in [3.63, 3.8) is 0 Å². The highest BCUT2D eigenvalue weighted by molar-refractivity contribution is 7.10. The van der Waals surface area contributed by atoms with E-state index in [1.54, 1.807) is 11.3 Å². The van der Waals surface area contributed by atoms with E-state index >= 15 is 0 Å². The molecular formula is C13H14ClN3OS. The third kappa shape index (κ3) is 3.52. The first-order valence-corrected chi connectivity index (χ1v) is 7.04. The van der Waals surface area contributed by atoms with Gasteiger partial charge in [-0.2, -0.15) is 0 Å². The van der Waals surface area contributed by atoms with Gasteiger partial charge in [0.25, 0.3) is 5.91 Å². The Morgan fingerprint density at radius 2 is 2.26 bits per heavy atom. The van der Waals surface area contributed by atoms with Crippen LogP contribution in [0.3, 0.4) is 0 Å². The Labute approximate surface area is 120 Å². The van der Waals surface area contributed by atoms with Crippen molar-refractivity contribution >= 4 is 28.8 Å². The maximum atomic E-state index is 11.9. The number of nitrogens with zero attached hydrogens (tertiary/aromatic N) is 2. The smallest absolute Gasteiger partial charge is 0.271 e. The summed E-state index contributed by atoms with van der Waals surface area (Å²) in [6.45, 7) is 4.70. The second-order valence-corrected chi connectivity index (χ2v) is 6.11. The molecule has 1 N–H and O–H groups in total. The molecule has 2 aromatic rings. The van der Waals surface area contributed by atoms with E-state index in [0.29, 0.717) is 6.54 Å². The molecule has 0 radical (unpaired) electrons. The minimum Gasteiger partial charge on any atom is -0.350 e. The van der Waals surface area contributed by atoms with Crippen molar-refractivity contribution < 1.29 is 4.79 Å². The molecule has 0 aromatic carbocycles. The number of hydrogen-bond donors (Lipinski definition) is 1. The fraction of sp³-hybridized carbons (Fsp3) is 0.308. The lowest BCUT2D eigenvalue weighted by Gasteiger charge is -2.23. The molecule has 0 aliphatic heterocycles. The van der Waals surface area contributed by atoms with Crippen molar-refractivity contribution in [3.8, 4) is 0 Å².